The molecule has 7 heteroatoms. The summed E-state index contributed by atoms with van der Waals surface area (Å²) >= 11 is 0. The highest BCUT2D eigenvalue weighted by atomic mass is 16.5. The molecule has 0 spiro atoms. The van der Waals surface area contributed by atoms with Crippen molar-refractivity contribution in [3.8, 4) is 0 Å². The fourth-order valence-electron chi connectivity index (χ4n) is 3.63. The molecule has 154 valence electrons. The maximum atomic E-state index is 12.8. The van der Waals surface area contributed by atoms with Gasteiger partial charge in [0.25, 0.3) is 11.8 Å². The van der Waals surface area contributed by atoms with E-state index >= 15 is 0 Å². The van der Waals surface area contributed by atoms with Gasteiger partial charge in [-0.3, -0.25) is 9.59 Å². The van der Waals surface area contributed by atoms with Crippen LogP contribution in [0.3, 0.4) is 0 Å². The van der Waals surface area contributed by atoms with Gasteiger partial charge in [0, 0.05) is 17.8 Å². The van der Waals surface area contributed by atoms with Crippen molar-refractivity contribution < 1.29 is 23.5 Å². The molecule has 29 heavy (non-hydrogen) atoms. The Labute approximate surface area is 170 Å². The highest BCUT2D eigenvalue weighted by Crippen LogP contribution is 2.24. The molecule has 2 heterocycles. The average Bonchev–Trinajstić information content (AvgIpc) is 3.23. The normalized spacial score (nSPS) is 20.0. The van der Waals surface area contributed by atoms with E-state index in [2.05, 4.69) is 5.32 Å². The van der Waals surface area contributed by atoms with Gasteiger partial charge in [0.2, 0.25) is 0 Å². The Morgan fingerprint density at radius 1 is 1.10 bits per heavy atom. The molecule has 0 radical (unpaired) electrons. The number of ether oxygens (including phenoxy) is 1. The summed E-state index contributed by atoms with van der Waals surface area (Å²) in [6, 6.07) is 9.75. The SMILES string of the molecule is C[C@@H](OC(=O)c1ccc(NC(=O)c2ccco2)cc1)C(=O)N1[C@@H](C)CCC[C@@H]1C. The van der Waals surface area contributed by atoms with Gasteiger partial charge in [0.05, 0.1) is 11.8 Å². The maximum Gasteiger partial charge on any atom is 0.338 e. The first-order valence-corrected chi connectivity index (χ1v) is 9.85. The lowest BCUT2D eigenvalue weighted by atomic mass is 9.97. The summed E-state index contributed by atoms with van der Waals surface area (Å²) in [7, 11) is 0. The van der Waals surface area contributed by atoms with E-state index in [1.807, 2.05) is 18.7 Å². The average molecular weight is 398 g/mol. The molecule has 3 rings (SSSR count). The Balaban J connectivity index is 1.58. The van der Waals surface area contributed by atoms with Gasteiger partial charge in [-0.25, -0.2) is 4.79 Å². The van der Waals surface area contributed by atoms with Crippen LogP contribution in [-0.4, -0.2) is 40.9 Å². The van der Waals surface area contributed by atoms with Crippen molar-refractivity contribution >= 4 is 23.5 Å². The summed E-state index contributed by atoms with van der Waals surface area (Å²) in [5.74, 6) is -0.927. The third kappa shape index (κ3) is 4.85. The zero-order chi connectivity index (χ0) is 21.0. The highest BCUT2D eigenvalue weighted by molar-refractivity contribution is 6.02. The van der Waals surface area contributed by atoms with Gasteiger partial charge in [0.15, 0.2) is 11.9 Å². The molecular weight excluding hydrogens is 372 g/mol. The Hall–Kier alpha value is -3.09. The number of hydrogen-bond donors (Lipinski definition) is 1. The molecule has 1 aromatic carbocycles. The van der Waals surface area contributed by atoms with Crippen LogP contribution in [0.4, 0.5) is 5.69 Å². The number of carbonyl (C=O) groups excluding carboxylic acids is 3. The monoisotopic (exact) mass is 398 g/mol. The largest absolute Gasteiger partial charge is 0.459 e. The molecule has 2 amide bonds. The van der Waals surface area contributed by atoms with Gasteiger partial charge in [-0.2, -0.15) is 0 Å². The van der Waals surface area contributed by atoms with Crippen molar-refractivity contribution in [2.75, 3.05) is 5.32 Å². The minimum Gasteiger partial charge on any atom is -0.459 e. The van der Waals surface area contributed by atoms with E-state index < -0.39 is 12.1 Å². The van der Waals surface area contributed by atoms with E-state index in [0.29, 0.717) is 11.3 Å². The van der Waals surface area contributed by atoms with E-state index in [-0.39, 0.29) is 29.7 Å². The van der Waals surface area contributed by atoms with Crippen LogP contribution in [0.15, 0.2) is 47.1 Å². The maximum absolute atomic E-state index is 12.8. The van der Waals surface area contributed by atoms with Crippen molar-refractivity contribution in [3.63, 3.8) is 0 Å². The number of hydrogen-bond acceptors (Lipinski definition) is 5. The quantitative estimate of drug-likeness (QED) is 0.773. The van der Waals surface area contributed by atoms with E-state index in [1.165, 1.54) is 6.26 Å². The molecule has 0 bridgehead atoms. The Kier molecular flexibility index (Phi) is 6.36. The summed E-state index contributed by atoms with van der Waals surface area (Å²) < 4.78 is 10.4. The first-order valence-electron chi connectivity index (χ1n) is 9.85. The second-order valence-electron chi connectivity index (χ2n) is 7.43. The summed E-state index contributed by atoms with van der Waals surface area (Å²) in [6.07, 6.45) is 3.58. The molecule has 1 fully saturated rings. The van der Waals surface area contributed by atoms with Gasteiger partial charge < -0.3 is 19.4 Å². The molecular formula is C22H26N2O5. The van der Waals surface area contributed by atoms with Gasteiger partial charge in [-0.1, -0.05) is 0 Å². The van der Waals surface area contributed by atoms with Crippen molar-refractivity contribution in [2.45, 2.75) is 58.2 Å². The van der Waals surface area contributed by atoms with Crippen LogP contribution >= 0.6 is 0 Å². The first-order chi connectivity index (χ1) is 13.9. The number of likely N-dealkylation sites (tertiary alicyclic amines) is 1. The molecule has 1 aliphatic heterocycles. The number of esters is 1. The lowest BCUT2D eigenvalue weighted by Crippen LogP contribution is -2.51. The van der Waals surface area contributed by atoms with Gasteiger partial charge >= 0.3 is 5.97 Å². The van der Waals surface area contributed by atoms with E-state index in [4.69, 9.17) is 9.15 Å². The zero-order valence-corrected chi connectivity index (χ0v) is 16.9. The lowest BCUT2D eigenvalue weighted by Gasteiger charge is -2.40. The number of benzene rings is 1. The molecule has 0 unspecified atom stereocenters. The number of nitrogens with zero attached hydrogens (tertiary/aromatic N) is 1. The molecule has 0 aliphatic carbocycles. The summed E-state index contributed by atoms with van der Waals surface area (Å²) in [6.45, 7) is 5.65. The number of furan rings is 1. The molecule has 0 saturated carbocycles. The predicted octanol–water partition coefficient (Wildman–Crippen LogP) is 3.87. The molecule has 1 N–H and O–H groups in total. The fraction of sp³-hybridized carbons (Fsp3) is 0.409. The number of piperidine rings is 1. The summed E-state index contributed by atoms with van der Waals surface area (Å²) in [4.78, 5) is 39.0. The zero-order valence-electron chi connectivity index (χ0n) is 16.9. The second-order valence-corrected chi connectivity index (χ2v) is 7.43. The van der Waals surface area contributed by atoms with Crippen molar-refractivity contribution in [2.24, 2.45) is 0 Å². The van der Waals surface area contributed by atoms with Crippen LogP contribution < -0.4 is 5.32 Å². The third-order valence-electron chi connectivity index (χ3n) is 5.20. The number of carbonyl (C=O) groups is 3. The van der Waals surface area contributed by atoms with Crippen molar-refractivity contribution in [3.05, 3.63) is 54.0 Å². The van der Waals surface area contributed by atoms with Crippen LogP contribution in [0.25, 0.3) is 0 Å². The van der Waals surface area contributed by atoms with Gasteiger partial charge in [-0.05, 0) is 76.4 Å². The topological polar surface area (TPSA) is 88.8 Å². The van der Waals surface area contributed by atoms with Crippen molar-refractivity contribution in [1.29, 1.82) is 0 Å². The smallest absolute Gasteiger partial charge is 0.338 e. The predicted molar refractivity (Wildman–Crippen MR) is 108 cm³/mol. The van der Waals surface area contributed by atoms with E-state index in [9.17, 15) is 14.4 Å². The summed E-state index contributed by atoms with van der Waals surface area (Å²) in [5.41, 5.74) is 0.823. The standard InChI is InChI=1S/C22H26N2O5/c1-14-6-4-7-15(2)24(14)21(26)16(3)29-22(27)17-9-11-18(12-10-17)23-20(25)19-8-5-13-28-19/h5,8-16H,4,6-7H2,1-3H3,(H,23,25)/t14-,15-,16+/m0/s1. The highest BCUT2D eigenvalue weighted by Gasteiger charge is 2.33. The van der Waals surface area contributed by atoms with Crippen LogP contribution in [0.5, 0.6) is 0 Å². The van der Waals surface area contributed by atoms with Crippen LogP contribution in [0.2, 0.25) is 0 Å². The van der Waals surface area contributed by atoms with Crippen LogP contribution in [0, 0.1) is 0 Å². The van der Waals surface area contributed by atoms with Gasteiger partial charge in [-0.15, -0.1) is 0 Å². The lowest BCUT2D eigenvalue weighted by molar-refractivity contribution is -0.146. The minimum absolute atomic E-state index is 0.143. The third-order valence-corrected chi connectivity index (χ3v) is 5.20. The molecule has 2 aromatic rings. The fourth-order valence-corrected chi connectivity index (χ4v) is 3.63. The first kappa shape index (κ1) is 20.6. The number of anilines is 1. The number of nitrogens with one attached hydrogen (secondary N) is 1. The molecule has 1 aliphatic rings. The Morgan fingerprint density at radius 2 is 1.76 bits per heavy atom. The summed E-state index contributed by atoms with van der Waals surface area (Å²) in [5, 5.41) is 2.68. The molecule has 3 atom stereocenters. The molecule has 7 nitrogen and oxygen atoms in total. The van der Waals surface area contributed by atoms with Crippen molar-refractivity contribution in [1.82, 2.24) is 4.90 Å². The van der Waals surface area contributed by atoms with Crippen LogP contribution in [0.1, 0.15) is 60.9 Å². The molecule has 1 aromatic heterocycles. The van der Waals surface area contributed by atoms with Crippen LogP contribution in [-0.2, 0) is 9.53 Å². The number of rotatable bonds is 5. The number of amides is 2. The van der Waals surface area contributed by atoms with E-state index in [1.54, 1.807) is 43.3 Å². The Bertz CT molecular complexity index is 850. The van der Waals surface area contributed by atoms with Gasteiger partial charge in [0.1, 0.15) is 0 Å². The minimum atomic E-state index is -0.858. The molecule has 1 saturated heterocycles. The second kappa shape index (κ2) is 8.94. The van der Waals surface area contributed by atoms with E-state index in [0.717, 1.165) is 19.3 Å². The Morgan fingerprint density at radius 3 is 2.34 bits per heavy atom.